The standard InChI is InChI=1S/C24H48N2O9/c1-25-5-9-29-11-13-31-15-17-33-19-21-35-23-22-34-20-18-32-16-14-30-12-10-28-8-4-24(27)26-6-2-3-7-26/h25H,2-23H2,1H3. The molecule has 11 heteroatoms. The lowest BCUT2D eigenvalue weighted by atomic mass is 10.4. The maximum atomic E-state index is 11.8. The first-order valence-corrected chi connectivity index (χ1v) is 12.9. The van der Waals surface area contributed by atoms with Crippen molar-refractivity contribution in [1.82, 2.24) is 10.2 Å². The fraction of sp³-hybridized carbons (Fsp3) is 0.958. The van der Waals surface area contributed by atoms with E-state index in [1.807, 2.05) is 11.9 Å². The van der Waals surface area contributed by atoms with Crippen LogP contribution in [0.15, 0.2) is 0 Å². The smallest absolute Gasteiger partial charge is 0.224 e. The molecule has 0 aliphatic carbocycles. The largest absolute Gasteiger partial charge is 0.379 e. The van der Waals surface area contributed by atoms with E-state index in [0.717, 1.165) is 32.5 Å². The van der Waals surface area contributed by atoms with Crippen molar-refractivity contribution in [2.24, 2.45) is 0 Å². The van der Waals surface area contributed by atoms with Crippen LogP contribution >= 0.6 is 0 Å². The highest BCUT2D eigenvalue weighted by Crippen LogP contribution is 2.08. The topological polar surface area (TPSA) is 106 Å². The van der Waals surface area contributed by atoms with Crippen LogP contribution in [0.2, 0.25) is 0 Å². The van der Waals surface area contributed by atoms with E-state index in [1.54, 1.807) is 0 Å². The molecular weight excluding hydrogens is 460 g/mol. The Labute approximate surface area is 211 Å². The second-order valence-electron chi connectivity index (χ2n) is 7.84. The van der Waals surface area contributed by atoms with Crippen LogP contribution < -0.4 is 5.32 Å². The summed E-state index contributed by atoms with van der Waals surface area (Å²) >= 11 is 0. The Morgan fingerprint density at radius 2 is 0.857 bits per heavy atom. The number of rotatable bonds is 27. The molecule has 1 fully saturated rings. The number of nitrogens with zero attached hydrogens (tertiary/aromatic N) is 1. The molecule has 1 amide bonds. The van der Waals surface area contributed by atoms with Crippen LogP contribution in [0.3, 0.4) is 0 Å². The quantitative estimate of drug-likeness (QED) is 0.156. The van der Waals surface area contributed by atoms with Crippen molar-refractivity contribution in [2.45, 2.75) is 19.3 Å². The Morgan fingerprint density at radius 3 is 1.20 bits per heavy atom. The summed E-state index contributed by atoms with van der Waals surface area (Å²) in [4.78, 5) is 13.8. The highest BCUT2D eigenvalue weighted by Gasteiger charge is 2.16. The van der Waals surface area contributed by atoms with Crippen LogP contribution in [0, 0.1) is 0 Å². The third-order valence-electron chi connectivity index (χ3n) is 5.02. The maximum absolute atomic E-state index is 11.8. The molecule has 35 heavy (non-hydrogen) atoms. The second-order valence-corrected chi connectivity index (χ2v) is 7.84. The summed E-state index contributed by atoms with van der Waals surface area (Å²) in [6.07, 6.45) is 2.68. The first-order chi connectivity index (χ1) is 17.3. The van der Waals surface area contributed by atoms with Gasteiger partial charge in [-0.3, -0.25) is 4.79 Å². The van der Waals surface area contributed by atoms with Crippen molar-refractivity contribution in [1.29, 1.82) is 0 Å². The maximum Gasteiger partial charge on any atom is 0.224 e. The van der Waals surface area contributed by atoms with E-state index < -0.39 is 0 Å². The predicted molar refractivity (Wildman–Crippen MR) is 131 cm³/mol. The van der Waals surface area contributed by atoms with E-state index in [2.05, 4.69) is 5.32 Å². The Hall–Kier alpha value is -0.890. The lowest BCUT2D eigenvalue weighted by Gasteiger charge is -2.14. The second kappa shape index (κ2) is 26.2. The van der Waals surface area contributed by atoms with Crippen LogP contribution in [0.25, 0.3) is 0 Å². The lowest BCUT2D eigenvalue weighted by molar-refractivity contribution is -0.131. The highest BCUT2D eigenvalue weighted by atomic mass is 16.6. The van der Waals surface area contributed by atoms with Gasteiger partial charge in [0.15, 0.2) is 0 Å². The molecule has 0 aromatic heterocycles. The van der Waals surface area contributed by atoms with Crippen LogP contribution in [0.4, 0.5) is 0 Å². The van der Waals surface area contributed by atoms with E-state index >= 15 is 0 Å². The summed E-state index contributed by atoms with van der Waals surface area (Å²) in [5.74, 6) is 0.190. The third kappa shape index (κ3) is 22.1. The molecule has 11 nitrogen and oxygen atoms in total. The van der Waals surface area contributed by atoms with Gasteiger partial charge in [0.25, 0.3) is 0 Å². The first kappa shape index (κ1) is 32.1. The van der Waals surface area contributed by atoms with Gasteiger partial charge in [0, 0.05) is 19.6 Å². The number of carbonyl (C=O) groups excluding carboxylic acids is 1. The normalized spacial score (nSPS) is 13.7. The molecule has 0 bridgehead atoms. The van der Waals surface area contributed by atoms with Gasteiger partial charge in [-0.1, -0.05) is 0 Å². The molecule has 1 N–H and O–H groups in total. The van der Waals surface area contributed by atoms with Crippen LogP contribution in [-0.4, -0.2) is 143 Å². The lowest BCUT2D eigenvalue weighted by Crippen LogP contribution is -2.28. The third-order valence-corrected chi connectivity index (χ3v) is 5.02. The van der Waals surface area contributed by atoms with Crippen molar-refractivity contribution in [3.05, 3.63) is 0 Å². The number of likely N-dealkylation sites (tertiary alicyclic amines) is 1. The molecule has 1 aliphatic heterocycles. The molecule has 1 aliphatic rings. The van der Waals surface area contributed by atoms with Gasteiger partial charge in [-0.2, -0.15) is 0 Å². The average Bonchev–Trinajstić information content (AvgIpc) is 3.41. The van der Waals surface area contributed by atoms with E-state index in [1.165, 1.54) is 0 Å². The Kier molecular flexibility index (Phi) is 24.0. The number of hydrogen-bond acceptors (Lipinski definition) is 10. The molecule has 0 unspecified atom stereocenters. The van der Waals surface area contributed by atoms with Crippen LogP contribution in [-0.2, 0) is 42.7 Å². The molecule has 208 valence electrons. The summed E-state index contributed by atoms with van der Waals surface area (Å²) < 4.78 is 43.4. The number of carbonyl (C=O) groups is 1. The minimum atomic E-state index is 0.190. The van der Waals surface area contributed by atoms with E-state index in [-0.39, 0.29) is 5.91 Å². The fourth-order valence-corrected chi connectivity index (χ4v) is 3.10. The fourth-order valence-electron chi connectivity index (χ4n) is 3.10. The minimum Gasteiger partial charge on any atom is -0.379 e. The number of amides is 1. The van der Waals surface area contributed by atoms with E-state index in [0.29, 0.717) is 112 Å². The summed E-state index contributed by atoms with van der Waals surface area (Å²) in [6, 6.07) is 0. The number of nitrogens with one attached hydrogen (secondary N) is 1. The molecule has 0 aromatic carbocycles. The molecule has 0 saturated carbocycles. The monoisotopic (exact) mass is 508 g/mol. The molecular formula is C24H48N2O9. The Balaban J connectivity index is 1.63. The number of ether oxygens (including phenoxy) is 8. The van der Waals surface area contributed by atoms with Gasteiger partial charge in [-0.15, -0.1) is 0 Å². The first-order valence-electron chi connectivity index (χ1n) is 12.9. The van der Waals surface area contributed by atoms with Crippen LogP contribution in [0.1, 0.15) is 19.3 Å². The average molecular weight is 509 g/mol. The highest BCUT2D eigenvalue weighted by molar-refractivity contribution is 5.76. The van der Waals surface area contributed by atoms with Crippen molar-refractivity contribution in [2.75, 3.05) is 132 Å². The molecule has 1 heterocycles. The van der Waals surface area contributed by atoms with Gasteiger partial charge in [0.05, 0.1) is 112 Å². The van der Waals surface area contributed by atoms with E-state index in [9.17, 15) is 4.79 Å². The summed E-state index contributed by atoms with van der Waals surface area (Å²) in [5.41, 5.74) is 0. The summed E-state index contributed by atoms with van der Waals surface area (Å²) in [6.45, 7) is 11.2. The van der Waals surface area contributed by atoms with Crippen LogP contribution in [0.5, 0.6) is 0 Å². The Bertz CT molecular complexity index is 455. The molecule has 1 saturated heterocycles. The molecule has 0 atom stereocenters. The van der Waals surface area contributed by atoms with Crippen molar-refractivity contribution in [3.8, 4) is 0 Å². The predicted octanol–water partition coefficient (Wildman–Crippen LogP) is 0.351. The zero-order chi connectivity index (χ0) is 25.1. The van der Waals surface area contributed by atoms with Gasteiger partial charge in [0.1, 0.15) is 0 Å². The van der Waals surface area contributed by atoms with Gasteiger partial charge in [-0.25, -0.2) is 0 Å². The van der Waals surface area contributed by atoms with Crippen molar-refractivity contribution >= 4 is 5.91 Å². The van der Waals surface area contributed by atoms with Gasteiger partial charge in [-0.05, 0) is 19.9 Å². The van der Waals surface area contributed by atoms with Gasteiger partial charge in [0.2, 0.25) is 5.91 Å². The molecule has 0 radical (unpaired) electrons. The molecule has 0 aromatic rings. The van der Waals surface area contributed by atoms with Gasteiger partial charge >= 0.3 is 0 Å². The SMILES string of the molecule is CNCCOCCOCCOCCOCCOCCOCCOCCOCCC(=O)N1CCCC1. The summed E-state index contributed by atoms with van der Waals surface area (Å²) in [7, 11) is 1.90. The van der Waals surface area contributed by atoms with Crippen molar-refractivity contribution in [3.63, 3.8) is 0 Å². The summed E-state index contributed by atoms with van der Waals surface area (Å²) in [5, 5.41) is 3.02. The zero-order valence-electron chi connectivity index (χ0n) is 21.7. The van der Waals surface area contributed by atoms with Crippen molar-refractivity contribution < 1.29 is 42.7 Å². The molecule has 0 spiro atoms. The number of hydrogen-bond donors (Lipinski definition) is 1. The van der Waals surface area contributed by atoms with Gasteiger partial charge < -0.3 is 48.1 Å². The minimum absolute atomic E-state index is 0.190. The number of likely N-dealkylation sites (N-methyl/N-ethyl adjacent to an activating group) is 1. The Morgan fingerprint density at radius 1 is 0.543 bits per heavy atom. The zero-order valence-corrected chi connectivity index (χ0v) is 21.7. The molecule has 1 rings (SSSR count). The van der Waals surface area contributed by atoms with E-state index in [4.69, 9.17) is 37.9 Å².